The third-order valence-corrected chi connectivity index (χ3v) is 6.60. The summed E-state index contributed by atoms with van der Waals surface area (Å²) in [5, 5.41) is 20.2. The van der Waals surface area contributed by atoms with E-state index in [1.165, 1.54) is 12.1 Å². The van der Waals surface area contributed by atoms with Gasteiger partial charge >= 0.3 is 11.9 Å². The standard InChI is InChI=1S/C27H27FN4O5/c1-36-26(34)22-21(16-7-4-3-5-8-16)18(15-29)25(30)32(24(22)27(35)37-2)23-19(28)9-6-10-20(23)31-13-11-17(33)12-14-31/h3-10,17,21,33H,11-14,30H2,1-2H3. The van der Waals surface area contributed by atoms with Gasteiger partial charge < -0.3 is 25.2 Å². The molecule has 2 aromatic rings. The van der Waals surface area contributed by atoms with Crippen LogP contribution in [0.2, 0.25) is 0 Å². The number of hydrogen-bond acceptors (Lipinski definition) is 9. The molecule has 37 heavy (non-hydrogen) atoms. The van der Waals surface area contributed by atoms with Crippen molar-refractivity contribution < 1.29 is 28.6 Å². The summed E-state index contributed by atoms with van der Waals surface area (Å²) in [5.74, 6) is -3.84. The minimum absolute atomic E-state index is 0.0532. The average Bonchev–Trinajstić information content (AvgIpc) is 2.92. The topological polar surface area (TPSA) is 129 Å². The van der Waals surface area contributed by atoms with Crippen LogP contribution in [0.25, 0.3) is 0 Å². The highest BCUT2D eigenvalue weighted by Gasteiger charge is 2.44. The maximum Gasteiger partial charge on any atom is 0.355 e. The van der Waals surface area contributed by atoms with Gasteiger partial charge in [0.05, 0.1) is 49.1 Å². The molecule has 10 heteroatoms. The number of allylic oxidation sites excluding steroid dienone is 1. The Kier molecular flexibility index (Phi) is 7.45. The van der Waals surface area contributed by atoms with Crippen molar-refractivity contribution in [2.45, 2.75) is 24.9 Å². The molecule has 0 saturated carbocycles. The summed E-state index contributed by atoms with van der Waals surface area (Å²) in [6.45, 7) is 0.849. The molecule has 1 fully saturated rings. The first-order valence-electron chi connectivity index (χ1n) is 11.7. The molecule has 192 valence electrons. The van der Waals surface area contributed by atoms with E-state index in [4.69, 9.17) is 15.2 Å². The van der Waals surface area contributed by atoms with Gasteiger partial charge in [0.2, 0.25) is 0 Å². The average molecular weight is 507 g/mol. The van der Waals surface area contributed by atoms with Crippen LogP contribution in [-0.4, -0.2) is 50.5 Å². The van der Waals surface area contributed by atoms with Crippen molar-refractivity contribution in [3.8, 4) is 6.07 Å². The number of para-hydroxylation sites is 1. The number of ether oxygens (including phenoxy) is 2. The van der Waals surface area contributed by atoms with Gasteiger partial charge in [-0.05, 0) is 30.5 Å². The number of benzene rings is 2. The van der Waals surface area contributed by atoms with Crippen molar-refractivity contribution in [2.24, 2.45) is 5.73 Å². The number of aliphatic hydroxyl groups is 1. The SMILES string of the molecule is COC(=O)C1=C(C(=O)OC)N(c2c(F)cccc2N2CCC(O)CC2)C(N)=C(C#N)C1c1ccccc1. The molecular formula is C27H27FN4O5. The molecule has 1 saturated heterocycles. The molecule has 0 spiro atoms. The predicted molar refractivity (Wildman–Crippen MR) is 133 cm³/mol. The van der Waals surface area contributed by atoms with E-state index in [1.54, 1.807) is 36.4 Å². The van der Waals surface area contributed by atoms with Gasteiger partial charge in [-0.25, -0.2) is 14.0 Å². The largest absolute Gasteiger partial charge is 0.466 e. The van der Waals surface area contributed by atoms with Crippen LogP contribution in [-0.2, 0) is 19.1 Å². The van der Waals surface area contributed by atoms with Crippen LogP contribution >= 0.6 is 0 Å². The van der Waals surface area contributed by atoms with Crippen molar-refractivity contribution in [1.82, 2.24) is 0 Å². The number of halogens is 1. The van der Waals surface area contributed by atoms with Crippen LogP contribution in [0.3, 0.4) is 0 Å². The molecule has 0 radical (unpaired) electrons. The number of anilines is 2. The Labute approximate surface area is 213 Å². The van der Waals surface area contributed by atoms with E-state index in [1.807, 2.05) is 4.90 Å². The first kappa shape index (κ1) is 25.7. The fraction of sp³-hybridized carbons (Fsp3) is 0.296. The second-order valence-electron chi connectivity index (χ2n) is 8.66. The first-order valence-corrected chi connectivity index (χ1v) is 11.7. The Morgan fingerprint density at radius 1 is 1.05 bits per heavy atom. The minimum atomic E-state index is -1.05. The van der Waals surface area contributed by atoms with Gasteiger partial charge in [-0.3, -0.25) is 4.90 Å². The summed E-state index contributed by atoms with van der Waals surface area (Å²) in [6, 6.07) is 15.0. The molecule has 2 heterocycles. The number of esters is 2. The van der Waals surface area contributed by atoms with Crippen molar-refractivity contribution in [2.75, 3.05) is 37.1 Å². The van der Waals surface area contributed by atoms with Crippen molar-refractivity contribution in [3.63, 3.8) is 0 Å². The third kappa shape index (κ3) is 4.61. The van der Waals surface area contributed by atoms with Crippen molar-refractivity contribution in [1.29, 1.82) is 5.26 Å². The van der Waals surface area contributed by atoms with Gasteiger partial charge in [0.15, 0.2) is 0 Å². The Bertz CT molecular complexity index is 1310. The zero-order valence-electron chi connectivity index (χ0n) is 20.5. The molecule has 3 N–H and O–H groups in total. The van der Waals surface area contributed by atoms with E-state index in [0.29, 0.717) is 37.2 Å². The highest BCUT2D eigenvalue weighted by molar-refractivity contribution is 6.07. The van der Waals surface area contributed by atoms with E-state index in [2.05, 4.69) is 6.07 Å². The molecule has 1 unspecified atom stereocenters. The van der Waals surface area contributed by atoms with Gasteiger partial charge in [-0.2, -0.15) is 5.26 Å². The maximum absolute atomic E-state index is 15.7. The number of rotatable bonds is 5. The summed E-state index contributed by atoms with van der Waals surface area (Å²) in [4.78, 5) is 29.4. The lowest BCUT2D eigenvalue weighted by molar-refractivity contribution is -0.139. The number of nitrogens with two attached hydrogens (primary N) is 1. The van der Waals surface area contributed by atoms with Crippen LogP contribution in [0.1, 0.15) is 24.3 Å². The van der Waals surface area contributed by atoms with Gasteiger partial charge in [0.25, 0.3) is 0 Å². The second-order valence-corrected chi connectivity index (χ2v) is 8.66. The number of carbonyl (C=O) groups is 2. The minimum Gasteiger partial charge on any atom is -0.466 e. The van der Waals surface area contributed by atoms with E-state index in [9.17, 15) is 20.0 Å². The van der Waals surface area contributed by atoms with Crippen LogP contribution in [0.5, 0.6) is 0 Å². The molecule has 9 nitrogen and oxygen atoms in total. The normalized spacial score (nSPS) is 18.5. The van der Waals surface area contributed by atoms with Gasteiger partial charge in [0.1, 0.15) is 23.0 Å². The summed E-state index contributed by atoms with van der Waals surface area (Å²) in [5.41, 5.74) is 6.72. The summed E-state index contributed by atoms with van der Waals surface area (Å²) >= 11 is 0. The Hall–Kier alpha value is -4.36. The summed E-state index contributed by atoms with van der Waals surface area (Å²) in [6.07, 6.45) is 0.462. The predicted octanol–water partition coefficient (Wildman–Crippen LogP) is 2.68. The molecule has 0 aliphatic carbocycles. The molecule has 0 aromatic heterocycles. The maximum atomic E-state index is 15.7. The smallest absolute Gasteiger partial charge is 0.355 e. The van der Waals surface area contributed by atoms with E-state index in [-0.39, 0.29) is 28.4 Å². The quantitative estimate of drug-likeness (QED) is 0.588. The van der Waals surface area contributed by atoms with Crippen LogP contribution in [0.4, 0.5) is 15.8 Å². The zero-order chi connectivity index (χ0) is 26.7. The fourth-order valence-electron chi connectivity index (χ4n) is 4.83. The molecule has 4 rings (SSSR count). The Morgan fingerprint density at radius 3 is 2.30 bits per heavy atom. The van der Waals surface area contributed by atoms with Gasteiger partial charge in [0, 0.05) is 13.1 Å². The van der Waals surface area contributed by atoms with Crippen LogP contribution in [0.15, 0.2) is 71.2 Å². The third-order valence-electron chi connectivity index (χ3n) is 6.60. The molecule has 0 amide bonds. The van der Waals surface area contributed by atoms with Gasteiger partial charge in [-0.1, -0.05) is 36.4 Å². The highest BCUT2D eigenvalue weighted by atomic mass is 19.1. The number of hydrogen-bond donors (Lipinski definition) is 2. The molecule has 0 bridgehead atoms. The highest BCUT2D eigenvalue weighted by Crippen LogP contribution is 2.46. The number of nitriles is 1. The van der Waals surface area contributed by atoms with Crippen LogP contribution < -0.4 is 15.5 Å². The van der Waals surface area contributed by atoms with E-state index < -0.39 is 29.8 Å². The zero-order valence-corrected chi connectivity index (χ0v) is 20.5. The molecule has 1 atom stereocenters. The van der Waals surface area contributed by atoms with Crippen molar-refractivity contribution >= 4 is 23.3 Å². The van der Waals surface area contributed by atoms with E-state index in [0.717, 1.165) is 19.1 Å². The number of aliphatic hydroxyl groups excluding tert-OH is 1. The summed E-state index contributed by atoms with van der Waals surface area (Å²) in [7, 11) is 2.28. The van der Waals surface area contributed by atoms with Crippen LogP contribution in [0, 0.1) is 17.1 Å². The molecule has 2 aliphatic heterocycles. The van der Waals surface area contributed by atoms with Gasteiger partial charge in [-0.15, -0.1) is 0 Å². The summed E-state index contributed by atoms with van der Waals surface area (Å²) < 4.78 is 25.7. The molecular weight excluding hydrogens is 479 g/mol. The number of piperidine rings is 1. The molecule has 2 aromatic carbocycles. The lowest BCUT2D eigenvalue weighted by Crippen LogP contribution is -2.43. The Morgan fingerprint density at radius 2 is 1.70 bits per heavy atom. The van der Waals surface area contributed by atoms with Crippen molar-refractivity contribution in [3.05, 3.63) is 82.6 Å². The monoisotopic (exact) mass is 506 g/mol. The number of methoxy groups -OCH3 is 2. The Balaban J connectivity index is 2.04. The number of carbonyl (C=O) groups excluding carboxylic acids is 2. The fourth-order valence-corrected chi connectivity index (χ4v) is 4.83. The van der Waals surface area contributed by atoms with E-state index >= 15 is 4.39 Å². The molecule has 2 aliphatic rings. The second kappa shape index (κ2) is 10.7. The number of nitrogens with zero attached hydrogens (tertiary/aromatic N) is 3. The first-order chi connectivity index (χ1) is 17.8. The lowest BCUT2D eigenvalue weighted by atomic mass is 9.81. The lowest BCUT2D eigenvalue weighted by Gasteiger charge is -2.39.